The average molecular weight is 191 g/mol. The number of aromatic nitrogens is 1. The number of pyridine rings is 1. The fourth-order valence-electron chi connectivity index (χ4n) is 2.38. The summed E-state index contributed by atoms with van der Waals surface area (Å²) >= 11 is 0. The molecule has 1 aromatic rings. The first-order valence-electron chi connectivity index (χ1n) is 4.99. The van der Waals surface area contributed by atoms with Crippen LogP contribution >= 0.6 is 0 Å². The summed E-state index contributed by atoms with van der Waals surface area (Å²) in [5, 5.41) is 0. The molecule has 0 aliphatic carbocycles. The zero-order valence-corrected chi connectivity index (χ0v) is 7.93. The highest BCUT2D eigenvalue weighted by Crippen LogP contribution is 2.24. The van der Waals surface area contributed by atoms with Gasteiger partial charge < -0.3 is 14.1 Å². The van der Waals surface area contributed by atoms with Crippen molar-refractivity contribution in [2.75, 3.05) is 26.3 Å². The Kier molecular flexibility index (Phi) is 1.83. The lowest BCUT2D eigenvalue weighted by atomic mass is 9.64. The first-order chi connectivity index (χ1) is 6.92. The van der Waals surface area contributed by atoms with Crippen molar-refractivity contribution in [2.45, 2.75) is 0 Å². The van der Waals surface area contributed by atoms with E-state index < -0.39 is 6.69 Å². The fraction of sp³-hybridized carbons (Fsp3) is 0.444. The molecule has 3 heterocycles. The highest BCUT2D eigenvalue weighted by atomic mass is 16.6. The van der Waals surface area contributed by atoms with Gasteiger partial charge in [-0.2, -0.15) is 0 Å². The van der Waals surface area contributed by atoms with E-state index in [0.29, 0.717) is 0 Å². The Hall–Kier alpha value is -0.905. The van der Waals surface area contributed by atoms with E-state index in [1.54, 1.807) is 12.4 Å². The molecule has 1 aromatic heterocycles. The van der Waals surface area contributed by atoms with Crippen LogP contribution < -0.4 is 5.46 Å². The topological polar surface area (TPSA) is 34.6 Å². The van der Waals surface area contributed by atoms with Crippen molar-refractivity contribution in [3.8, 4) is 0 Å². The van der Waals surface area contributed by atoms with E-state index in [2.05, 4.69) is 9.79 Å². The highest BCUT2D eigenvalue weighted by molar-refractivity contribution is 6.79. The Morgan fingerprint density at radius 2 is 1.79 bits per heavy atom. The van der Waals surface area contributed by atoms with Gasteiger partial charge in [0.05, 0.1) is 0 Å². The van der Waals surface area contributed by atoms with Crippen LogP contribution in [0.5, 0.6) is 0 Å². The Morgan fingerprint density at radius 1 is 1.14 bits per heavy atom. The van der Waals surface area contributed by atoms with Crippen molar-refractivity contribution in [1.82, 2.24) is 9.79 Å². The predicted octanol–water partition coefficient (Wildman–Crippen LogP) is -0.410. The molecule has 0 radical (unpaired) electrons. The van der Waals surface area contributed by atoms with Crippen molar-refractivity contribution in [1.29, 1.82) is 0 Å². The van der Waals surface area contributed by atoms with E-state index in [-0.39, 0.29) is 0 Å². The van der Waals surface area contributed by atoms with Crippen molar-refractivity contribution in [3.63, 3.8) is 0 Å². The van der Waals surface area contributed by atoms with Gasteiger partial charge in [0.25, 0.3) is 0 Å². The van der Waals surface area contributed by atoms with Crippen molar-refractivity contribution < 1.29 is 9.31 Å². The molecule has 0 bridgehead atoms. The van der Waals surface area contributed by atoms with Gasteiger partial charge >= 0.3 is 6.69 Å². The Bertz CT molecular complexity index is 323. The lowest BCUT2D eigenvalue weighted by molar-refractivity contribution is 0.232. The zero-order chi connectivity index (χ0) is 9.43. The molecule has 2 fully saturated rings. The summed E-state index contributed by atoms with van der Waals surface area (Å²) in [5.41, 5.74) is 1.11. The summed E-state index contributed by atoms with van der Waals surface area (Å²) in [4.78, 5) is 6.30. The Morgan fingerprint density at radius 3 is 2.43 bits per heavy atom. The minimum atomic E-state index is -1.32. The van der Waals surface area contributed by atoms with Crippen LogP contribution in [0.4, 0.5) is 0 Å². The number of hydrogen-bond acceptors (Lipinski definition) is 4. The van der Waals surface area contributed by atoms with Gasteiger partial charge in [-0.3, -0.25) is 4.98 Å². The molecule has 14 heavy (non-hydrogen) atoms. The number of rotatable bonds is 1. The second-order valence-electron chi connectivity index (χ2n) is 3.73. The van der Waals surface area contributed by atoms with Crippen LogP contribution in [0, 0.1) is 0 Å². The molecule has 2 aliphatic heterocycles. The molecule has 0 saturated carbocycles. The third-order valence-corrected chi connectivity index (χ3v) is 3.05. The number of nitrogens with zero attached hydrogens (tertiary/aromatic N) is 2. The fourth-order valence-corrected chi connectivity index (χ4v) is 2.38. The van der Waals surface area contributed by atoms with Crippen LogP contribution in [0.1, 0.15) is 0 Å². The van der Waals surface area contributed by atoms with Crippen molar-refractivity contribution in [3.05, 3.63) is 24.5 Å². The van der Waals surface area contributed by atoms with E-state index in [0.717, 1.165) is 31.8 Å². The molecular formula is C9H12BN2O2-. The Balaban J connectivity index is 2.03. The maximum absolute atomic E-state index is 5.79. The van der Waals surface area contributed by atoms with E-state index >= 15 is 0 Å². The number of fused-ring (bicyclic) bond motifs is 1. The molecule has 0 spiro atoms. The standard InChI is InChI=1S/C9H12BN2O2/c1-3-11-4-2-9(1)10-12(5-7-13-10)6-8-14-10/h1-4H,5-8H2/q-1. The Labute approximate surface area is 82.8 Å². The normalized spacial score (nSPS) is 25.1. The highest BCUT2D eigenvalue weighted by Gasteiger charge is 2.43. The van der Waals surface area contributed by atoms with Gasteiger partial charge in [0.2, 0.25) is 0 Å². The summed E-state index contributed by atoms with van der Waals surface area (Å²) in [5.74, 6) is 0. The van der Waals surface area contributed by atoms with Crippen LogP contribution in [0.2, 0.25) is 0 Å². The van der Waals surface area contributed by atoms with Gasteiger partial charge in [-0.25, -0.2) is 0 Å². The molecule has 0 N–H and O–H groups in total. The lowest BCUT2D eigenvalue weighted by Gasteiger charge is -2.36. The first kappa shape index (κ1) is 8.41. The van der Waals surface area contributed by atoms with Gasteiger partial charge in [0.15, 0.2) is 0 Å². The molecule has 5 heteroatoms. The van der Waals surface area contributed by atoms with E-state index in [1.807, 2.05) is 12.1 Å². The monoisotopic (exact) mass is 191 g/mol. The summed E-state index contributed by atoms with van der Waals surface area (Å²) < 4.78 is 11.6. The molecule has 2 saturated heterocycles. The average Bonchev–Trinajstić information content (AvgIpc) is 2.77. The number of hydrogen-bond donors (Lipinski definition) is 0. The molecule has 0 unspecified atom stereocenters. The maximum Gasteiger partial charge on any atom is 0.347 e. The second-order valence-corrected chi connectivity index (χ2v) is 3.73. The zero-order valence-electron chi connectivity index (χ0n) is 7.93. The van der Waals surface area contributed by atoms with Crippen LogP contribution in [-0.2, 0) is 9.31 Å². The summed E-state index contributed by atoms with van der Waals surface area (Å²) in [6, 6.07) is 3.95. The van der Waals surface area contributed by atoms with E-state index in [9.17, 15) is 0 Å². The summed E-state index contributed by atoms with van der Waals surface area (Å²) in [6.45, 7) is 2.17. The third-order valence-electron chi connectivity index (χ3n) is 3.05. The SMILES string of the molecule is c1cc([B-]23OCCN2CCO3)ccn1. The van der Waals surface area contributed by atoms with Crippen LogP contribution in [0.25, 0.3) is 0 Å². The van der Waals surface area contributed by atoms with Gasteiger partial charge in [-0.1, -0.05) is 12.1 Å². The molecule has 0 amide bonds. The largest absolute Gasteiger partial charge is 0.550 e. The molecular weight excluding hydrogens is 179 g/mol. The molecule has 74 valence electrons. The molecule has 4 nitrogen and oxygen atoms in total. The summed E-state index contributed by atoms with van der Waals surface area (Å²) in [6.07, 6.45) is 3.57. The van der Waals surface area contributed by atoms with Gasteiger partial charge in [0, 0.05) is 25.6 Å². The van der Waals surface area contributed by atoms with Crippen molar-refractivity contribution in [2.24, 2.45) is 0 Å². The molecule has 2 aliphatic rings. The summed E-state index contributed by atoms with van der Waals surface area (Å²) in [7, 11) is 0. The van der Waals surface area contributed by atoms with Crippen LogP contribution in [0.3, 0.4) is 0 Å². The van der Waals surface area contributed by atoms with Crippen LogP contribution in [-0.4, -0.2) is 42.8 Å². The first-order valence-corrected chi connectivity index (χ1v) is 4.99. The third kappa shape index (κ3) is 1.03. The smallest absolute Gasteiger partial charge is 0.347 e. The van der Waals surface area contributed by atoms with E-state index in [4.69, 9.17) is 9.31 Å². The van der Waals surface area contributed by atoms with E-state index in [1.165, 1.54) is 0 Å². The minimum absolute atomic E-state index is 0.766. The lowest BCUT2D eigenvalue weighted by Crippen LogP contribution is -2.57. The second kappa shape index (κ2) is 3.05. The minimum Gasteiger partial charge on any atom is -0.550 e. The van der Waals surface area contributed by atoms with Gasteiger partial charge in [0.1, 0.15) is 0 Å². The van der Waals surface area contributed by atoms with Gasteiger partial charge in [-0.05, 0) is 13.1 Å². The molecule has 0 atom stereocenters. The van der Waals surface area contributed by atoms with Crippen LogP contribution in [0.15, 0.2) is 24.5 Å². The molecule has 3 rings (SSSR count). The molecule has 0 aromatic carbocycles. The van der Waals surface area contributed by atoms with Crippen molar-refractivity contribution >= 4 is 12.1 Å². The van der Waals surface area contributed by atoms with Gasteiger partial charge in [-0.15, -0.1) is 5.46 Å². The quantitative estimate of drug-likeness (QED) is 0.565. The maximum atomic E-state index is 5.79. The predicted molar refractivity (Wildman–Crippen MR) is 53.1 cm³/mol.